The largest absolute Gasteiger partial charge is 0.396 e. The van der Waals surface area contributed by atoms with E-state index in [9.17, 15) is 4.79 Å². The number of unbranched alkanes of at least 4 members (excludes halogenated alkanes) is 1. The van der Waals surface area contributed by atoms with Crippen LogP contribution in [0.5, 0.6) is 0 Å². The van der Waals surface area contributed by atoms with Gasteiger partial charge in [-0.25, -0.2) is 0 Å². The molecule has 0 aliphatic rings. The second-order valence-corrected chi connectivity index (χ2v) is 3.19. The average molecular weight is 203 g/mol. The lowest BCUT2D eigenvalue weighted by Crippen LogP contribution is -2.29. The van der Waals surface area contributed by atoms with Crippen LogP contribution in [-0.4, -0.2) is 49.3 Å². The zero-order chi connectivity index (χ0) is 10.8. The third-order valence-corrected chi connectivity index (χ3v) is 2.00. The Hall–Kier alpha value is -0.610. The van der Waals surface area contributed by atoms with Crippen LogP contribution in [0.1, 0.15) is 26.2 Å². The Balaban J connectivity index is 3.44. The molecule has 0 aromatic carbocycles. The molecule has 0 aromatic heterocycles. The summed E-state index contributed by atoms with van der Waals surface area (Å²) in [6.45, 7) is 4.02. The summed E-state index contributed by atoms with van der Waals surface area (Å²) in [4.78, 5) is 13.1. The molecular weight excluding hydrogens is 182 g/mol. The molecule has 0 unspecified atom stereocenters. The molecule has 1 N–H and O–H groups in total. The van der Waals surface area contributed by atoms with Crippen LogP contribution in [0.4, 0.5) is 0 Å². The number of carbonyl (C=O) groups is 1. The highest BCUT2D eigenvalue weighted by Gasteiger charge is 2.06. The molecule has 0 rings (SSSR count). The highest BCUT2D eigenvalue weighted by atomic mass is 16.5. The number of aliphatic hydroxyl groups is 1. The van der Waals surface area contributed by atoms with Gasteiger partial charge in [-0.05, 0) is 19.8 Å². The van der Waals surface area contributed by atoms with E-state index >= 15 is 0 Å². The van der Waals surface area contributed by atoms with Gasteiger partial charge in [-0.1, -0.05) is 0 Å². The van der Waals surface area contributed by atoms with E-state index in [1.165, 1.54) is 0 Å². The third kappa shape index (κ3) is 6.86. The van der Waals surface area contributed by atoms with E-state index in [-0.39, 0.29) is 12.5 Å². The van der Waals surface area contributed by atoms with Gasteiger partial charge in [0.2, 0.25) is 5.91 Å². The van der Waals surface area contributed by atoms with E-state index in [4.69, 9.17) is 9.84 Å². The van der Waals surface area contributed by atoms with Crippen LogP contribution in [0, 0.1) is 0 Å². The molecule has 0 aliphatic heterocycles. The summed E-state index contributed by atoms with van der Waals surface area (Å²) >= 11 is 0. The molecule has 0 saturated carbocycles. The van der Waals surface area contributed by atoms with E-state index in [2.05, 4.69) is 0 Å². The van der Waals surface area contributed by atoms with Crippen LogP contribution in [0.15, 0.2) is 0 Å². The van der Waals surface area contributed by atoms with Crippen LogP contribution in [0.3, 0.4) is 0 Å². The van der Waals surface area contributed by atoms with Gasteiger partial charge < -0.3 is 14.7 Å². The maximum Gasteiger partial charge on any atom is 0.222 e. The maximum atomic E-state index is 11.4. The summed E-state index contributed by atoms with van der Waals surface area (Å²) in [6.07, 6.45) is 1.97. The van der Waals surface area contributed by atoms with Gasteiger partial charge in [0, 0.05) is 33.2 Å². The van der Waals surface area contributed by atoms with Crippen molar-refractivity contribution in [1.82, 2.24) is 4.90 Å². The van der Waals surface area contributed by atoms with Crippen molar-refractivity contribution in [2.45, 2.75) is 26.2 Å². The lowest BCUT2D eigenvalue weighted by Gasteiger charge is -2.16. The fourth-order valence-electron chi connectivity index (χ4n) is 1.05. The Labute approximate surface area is 85.9 Å². The summed E-state index contributed by atoms with van der Waals surface area (Å²) in [5.41, 5.74) is 0. The van der Waals surface area contributed by atoms with Crippen molar-refractivity contribution < 1.29 is 14.6 Å². The molecule has 0 atom stereocenters. The van der Waals surface area contributed by atoms with Crippen molar-refractivity contribution in [3.05, 3.63) is 0 Å². The highest BCUT2D eigenvalue weighted by Crippen LogP contribution is 1.98. The van der Waals surface area contributed by atoms with E-state index in [0.717, 1.165) is 6.42 Å². The molecule has 0 heterocycles. The zero-order valence-electron chi connectivity index (χ0n) is 9.16. The van der Waals surface area contributed by atoms with Crippen LogP contribution in [0.25, 0.3) is 0 Å². The first-order valence-corrected chi connectivity index (χ1v) is 5.15. The van der Waals surface area contributed by atoms with Crippen molar-refractivity contribution in [1.29, 1.82) is 0 Å². The van der Waals surface area contributed by atoms with Gasteiger partial charge >= 0.3 is 0 Å². The number of likely N-dealkylation sites (N-methyl/N-ethyl adjacent to an activating group) is 1. The Kier molecular flexibility index (Phi) is 8.57. The van der Waals surface area contributed by atoms with Crippen molar-refractivity contribution >= 4 is 5.91 Å². The first-order valence-electron chi connectivity index (χ1n) is 5.15. The molecular formula is C10H21NO3. The van der Waals surface area contributed by atoms with Gasteiger partial charge in [-0.2, -0.15) is 0 Å². The Morgan fingerprint density at radius 2 is 2.14 bits per heavy atom. The van der Waals surface area contributed by atoms with Crippen molar-refractivity contribution in [2.24, 2.45) is 0 Å². The first-order chi connectivity index (χ1) is 6.72. The van der Waals surface area contributed by atoms with Crippen LogP contribution < -0.4 is 0 Å². The molecule has 14 heavy (non-hydrogen) atoms. The molecule has 0 aromatic rings. The van der Waals surface area contributed by atoms with Gasteiger partial charge in [-0.15, -0.1) is 0 Å². The number of ether oxygens (including phenoxy) is 1. The molecule has 0 radical (unpaired) electrons. The minimum absolute atomic E-state index is 0.123. The molecule has 0 fully saturated rings. The van der Waals surface area contributed by atoms with Gasteiger partial charge in [0.25, 0.3) is 0 Å². The van der Waals surface area contributed by atoms with Gasteiger partial charge in [0.05, 0.1) is 6.61 Å². The Bertz CT molecular complexity index is 150. The SMILES string of the molecule is CCOCCN(C)C(=O)CCCCO. The summed E-state index contributed by atoms with van der Waals surface area (Å²) in [5, 5.41) is 8.55. The second-order valence-electron chi connectivity index (χ2n) is 3.19. The van der Waals surface area contributed by atoms with E-state index in [1.807, 2.05) is 6.92 Å². The van der Waals surface area contributed by atoms with Crippen molar-refractivity contribution in [2.75, 3.05) is 33.4 Å². The lowest BCUT2D eigenvalue weighted by molar-refractivity contribution is -0.130. The zero-order valence-corrected chi connectivity index (χ0v) is 9.16. The summed E-state index contributed by atoms with van der Waals surface area (Å²) in [6, 6.07) is 0. The molecule has 84 valence electrons. The summed E-state index contributed by atoms with van der Waals surface area (Å²) in [5.74, 6) is 0.123. The molecule has 1 amide bonds. The molecule has 0 saturated heterocycles. The summed E-state index contributed by atoms with van der Waals surface area (Å²) < 4.78 is 5.15. The van der Waals surface area contributed by atoms with E-state index < -0.39 is 0 Å². The number of carbonyl (C=O) groups excluding carboxylic acids is 1. The number of hydrogen-bond donors (Lipinski definition) is 1. The minimum Gasteiger partial charge on any atom is -0.396 e. The minimum atomic E-state index is 0.123. The predicted octanol–water partition coefficient (Wildman–Crippen LogP) is 0.644. The third-order valence-electron chi connectivity index (χ3n) is 2.00. The molecule has 0 aliphatic carbocycles. The average Bonchev–Trinajstić information content (AvgIpc) is 2.18. The Morgan fingerprint density at radius 1 is 1.43 bits per heavy atom. The van der Waals surface area contributed by atoms with Crippen molar-refractivity contribution in [3.63, 3.8) is 0 Å². The normalized spacial score (nSPS) is 10.2. The maximum absolute atomic E-state index is 11.4. The standard InChI is InChI=1S/C10H21NO3/c1-3-14-9-7-11(2)10(13)6-4-5-8-12/h12H,3-9H2,1-2H3. The summed E-state index contributed by atoms with van der Waals surface area (Å²) in [7, 11) is 1.78. The quantitative estimate of drug-likeness (QED) is 0.589. The molecule has 4 nitrogen and oxygen atoms in total. The number of hydrogen-bond acceptors (Lipinski definition) is 3. The second kappa shape index (κ2) is 8.97. The van der Waals surface area contributed by atoms with Gasteiger partial charge in [-0.3, -0.25) is 4.79 Å². The van der Waals surface area contributed by atoms with Gasteiger partial charge in [0.15, 0.2) is 0 Å². The van der Waals surface area contributed by atoms with Crippen LogP contribution in [0.2, 0.25) is 0 Å². The van der Waals surface area contributed by atoms with Crippen LogP contribution >= 0.6 is 0 Å². The topological polar surface area (TPSA) is 49.8 Å². The smallest absolute Gasteiger partial charge is 0.222 e. The van der Waals surface area contributed by atoms with E-state index in [1.54, 1.807) is 11.9 Å². The number of nitrogens with zero attached hydrogens (tertiary/aromatic N) is 1. The van der Waals surface area contributed by atoms with Crippen LogP contribution in [-0.2, 0) is 9.53 Å². The number of amides is 1. The number of rotatable bonds is 8. The Morgan fingerprint density at radius 3 is 2.71 bits per heavy atom. The lowest BCUT2D eigenvalue weighted by atomic mass is 10.2. The highest BCUT2D eigenvalue weighted by molar-refractivity contribution is 5.75. The molecule has 0 bridgehead atoms. The molecule has 0 spiro atoms. The first kappa shape index (κ1) is 13.4. The predicted molar refractivity (Wildman–Crippen MR) is 55.1 cm³/mol. The fraction of sp³-hybridized carbons (Fsp3) is 0.900. The fourth-order valence-corrected chi connectivity index (χ4v) is 1.05. The van der Waals surface area contributed by atoms with Gasteiger partial charge in [0.1, 0.15) is 0 Å². The number of aliphatic hydroxyl groups excluding tert-OH is 1. The van der Waals surface area contributed by atoms with Crippen molar-refractivity contribution in [3.8, 4) is 0 Å². The monoisotopic (exact) mass is 203 g/mol. The van der Waals surface area contributed by atoms with E-state index in [0.29, 0.717) is 32.6 Å². The molecule has 4 heteroatoms.